The number of carbonyl (C=O) groups is 8. The first-order valence-corrected chi connectivity index (χ1v) is 44.7. The highest BCUT2D eigenvalue weighted by Gasteiger charge is 2.44. The molecule has 10 aromatic rings. The number of carbonyl (C=O) groups excluding carboxylic acids is 8. The average Bonchev–Trinajstić information content (AvgIpc) is 1.62. The minimum atomic E-state index is -0.584. The van der Waals surface area contributed by atoms with E-state index in [1.807, 2.05) is 197 Å². The smallest absolute Gasteiger partial charge is 0.284 e. The molecule has 138 heavy (non-hydrogen) atoms. The molecule has 4 atom stereocenters. The van der Waals surface area contributed by atoms with Gasteiger partial charge in [-0.05, 0) is 168 Å². The number of nitrogens with zero attached hydrogens (tertiary/aromatic N) is 11. The summed E-state index contributed by atoms with van der Waals surface area (Å²) in [6.07, 6.45) is 2.49. The molecule has 4 aromatic heterocycles. The number of amidine groups is 4. The summed E-state index contributed by atoms with van der Waals surface area (Å²) < 4.78 is 23.0. The maximum absolute atomic E-state index is 13.6. The lowest BCUT2D eigenvalue weighted by Gasteiger charge is -2.19. The van der Waals surface area contributed by atoms with Crippen LogP contribution < -0.4 is 52.8 Å². The first kappa shape index (κ1) is 102. The largest absolute Gasteiger partial charge is 0.505 e. The van der Waals surface area contributed by atoms with Crippen LogP contribution in [0.15, 0.2) is 265 Å². The monoisotopic (exact) mass is 1880 g/mol. The van der Waals surface area contributed by atoms with Gasteiger partial charge in [-0.2, -0.15) is 0 Å². The third-order valence-electron chi connectivity index (χ3n) is 22.7. The number of nitrogens with one attached hydrogen (secondary N) is 9. The zero-order chi connectivity index (χ0) is 100. The Bertz CT molecular complexity index is 6460. The number of imide groups is 4. The molecular weight excluding hydrogens is 1760 g/mol. The number of benzene rings is 6. The highest BCUT2D eigenvalue weighted by molar-refractivity contribution is 6.33. The second-order valence-corrected chi connectivity index (χ2v) is 33.2. The van der Waals surface area contributed by atoms with Gasteiger partial charge in [0.25, 0.3) is 47.3 Å². The zero-order valence-electron chi connectivity index (χ0n) is 81.3. The van der Waals surface area contributed by atoms with E-state index in [-0.39, 0.29) is 122 Å². The van der Waals surface area contributed by atoms with Crippen molar-refractivity contribution in [3.63, 3.8) is 0 Å². The fourth-order valence-electron chi connectivity index (χ4n) is 15.8. The number of aliphatic imine (C=N–C) groups is 4. The van der Waals surface area contributed by atoms with Crippen LogP contribution >= 0.6 is 0 Å². The topological polar surface area (TPSA) is 450 Å². The minimum Gasteiger partial charge on any atom is -0.505 e. The van der Waals surface area contributed by atoms with E-state index in [9.17, 15) is 58.8 Å². The van der Waals surface area contributed by atoms with Crippen LogP contribution in [0.1, 0.15) is 151 Å². The molecule has 724 valence electrons. The average molecular weight is 1880 g/mol. The van der Waals surface area contributed by atoms with E-state index < -0.39 is 47.3 Å². The van der Waals surface area contributed by atoms with E-state index in [4.69, 9.17) is 17.7 Å². The number of hydrogen-bond donors (Lipinski definition) is 13. The van der Waals surface area contributed by atoms with Gasteiger partial charge in [-0.25, -0.2) is 4.90 Å². The van der Waals surface area contributed by atoms with Crippen LogP contribution in [-0.2, 0) is 44.9 Å². The van der Waals surface area contributed by atoms with Gasteiger partial charge in [-0.1, -0.05) is 100 Å². The van der Waals surface area contributed by atoms with Crippen molar-refractivity contribution >= 4 is 99.0 Å². The minimum absolute atomic E-state index is 0.0269. The van der Waals surface area contributed by atoms with E-state index in [1.54, 1.807) is 145 Å². The predicted octanol–water partition coefficient (Wildman–Crippen LogP) is 13.2. The van der Waals surface area contributed by atoms with Gasteiger partial charge >= 0.3 is 0 Å². The zero-order valence-corrected chi connectivity index (χ0v) is 81.3. The molecule has 36 heteroatoms. The number of likely N-dealkylation sites (N-methyl/N-ethyl adjacent to an activating group) is 1. The van der Waals surface area contributed by atoms with Gasteiger partial charge in [0.15, 0.2) is 0 Å². The highest BCUT2D eigenvalue weighted by Crippen LogP contribution is 2.40. The number of anilines is 5. The molecule has 0 saturated heterocycles. The number of para-hydroxylation sites is 5. The van der Waals surface area contributed by atoms with Crippen LogP contribution in [-0.4, -0.2) is 212 Å². The van der Waals surface area contributed by atoms with Crippen molar-refractivity contribution in [3.8, 4) is 23.0 Å². The van der Waals surface area contributed by atoms with Crippen molar-refractivity contribution < 1.29 is 76.5 Å². The van der Waals surface area contributed by atoms with Gasteiger partial charge in [-0.3, -0.25) is 73.4 Å². The Morgan fingerprint density at radius 1 is 0.333 bits per heavy atom. The third-order valence-corrected chi connectivity index (χ3v) is 22.7. The van der Waals surface area contributed by atoms with Crippen molar-refractivity contribution in [1.29, 1.82) is 0 Å². The van der Waals surface area contributed by atoms with Crippen LogP contribution in [0.5, 0.6) is 23.0 Å². The molecule has 0 spiro atoms. The number of furan rings is 4. The Kier molecular flexibility index (Phi) is 33.6. The van der Waals surface area contributed by atoms with E-state index >= 15 is 0 Å². The van der Waals surface area contributed by atoms with E-state index in [0.29, 0.717) is 100 Å². The quantitative estimate of drug-likeness (QED) is 0.00830. The number of phenolic OH excluding ortho intramolecular Hbond substituents is 4. The highest BCUT2D eigenvalue weighted by atomic mass is 16.4. The Morgan fingerprint density at radius 3 is 0.913 bits per heavy atom. The summed E-state index contributed by atoms with van der Waals surface area (Å²) in [6, 6.07) is 52.0. The number of phenols is 4. The predicted molar refractivity (Wildman–Crippen MR) is 530 cm³/mol. The Morgan fingerprint density at radius 2 is 0.601 bits per heavy atom. The second-order valence-electron chi connectivity index (χ2n) is 33.2. The summed E-state index contributed by atoms with van der Waals surface area (Å²) in [6.45, 7) is 15.3. The number of hydrogen-bond acceptors (Lipinski definition) is 28. The number of rotatable bonds is 31. The van der Waals surface area contributed by atoms with Gasteiger partial charge in [0, 0.05) is 91.6 Å². The Balaban J connectivity index is 0.000000177. The molecule has 0 aliphatic carbocycles. The molecule has 8 heterocycles. The Hall–Kier alpha value is -16.6. The third kappa shape index (κ3) is 22.7. The van der Waals surface area contributed by atoms with Crippen LogP contribution in [0.4, 0.5) is 28.4 Å². The fraction of sp³-hybridized carbons (Fsp3) is 0.294. The molecule has 14 rings (SSSR count). The first-order chi connectivity index (χ1) is 66.0. The van der Waals surface area contributed by atoms with Crippen LogP contribution in [0.3, 0.4) is 0 Å². The van der Waals surface area contributed by atoms with Crippen molar-refractivity contribution in [2.45, 2.75) is 112 Å². The van der Waals surface area contributed by atoms with Crippen molar-refractivity contribution in [1.82, 2.24) is 56.0 Å². The molecule has 0 fully saturated rings. The van der Waals surface area contributed by atoms with Crippen LogP contribution in [0, 0.1) is 27.7 Å². The van der Waals surface area contributed by atoms with Gasteiger partial charge in [-0.15, -0.1) is 0 Å². The van der Waals surface area contributed by atoms with Gasteiger partial charge in [0.05, 0.1) is 81.4 Å². The summed E-state index contributed by atoms with van der Waals surface area (Å²) in [7, 11) is 22.5. The maximum atomic E-state index is 13.6. The number of aryl methyl sites for hydroxylation is 4. The normalized spacial score (nSPS) is 15.0. The van der Waals surface area contributed by atoms with Crippen molar-refractivity contribution in [3.05, 3.63) is 301 Å². The van der Waals surface area contributed by atoms with Gasteiger partial charge in [0.2, 0.25) is 0 Å². The lowest BCUT2D eigenvalue weighted by Crippen LogP contribution is -2.34. The molecule has 13 N–H and O–H groups in total. The molecule has 0 saturated carbocycles. The lowest BCUT2D eigenvalue weighted by atomic mass is 10.1. The van der Waals surface area contributed by atoms with E-state index in [0.717, 1.165) is 38.4 Å². The van der Waals surface area contributed by atoms with E-state index in [2.05, 4.69) is 67.8 Å². The summed E-state index contributed by atoms with van der Waals surface area (Å²) in [5.41, 5.74) is 4.97. The van der Waals surface area contributed by atoms with Gasteiger partial charge in [0.1, 0.15) is 138 Å². The number of aromatic hydroxyl groups is 4. The molecule has 0 radical (unpaired) electrons. The maximum Gasteiger partial charge on any atom is 0.284 e. The van der Waals surface area contributed by atoms with Crippen molar-refractivity contribution in [2.75, 3.05) is 118 Å². The fourth-order valence-corrected chi connectivity index (χ4v) is 15.8. The summed E-state index contributed by atoms with van der Waals surface area (Å²) >= 11 is 0. The van der Waals surface area contributed by atoms with E-state index in [1.165, 1.54) is 11.9 Å². The van der Waals surface area contributed by atoms with Gasteiger partial charge < -0.3 is 100 Å². The molecule has 4 aliphatic rings. The summed E-state index contributed by atoms with van der Waals surface area (Å²) in [5, 5.41) is 70.9. The molecule has 0 unspecified atom stereocenters. The molecule has 0 bridgehead atoms. The summed E-state index contributed by atoms with van der Waals surface area (Å²) in [5.74, 6) is 3.56. The summed E-state index contributed by atoms with van der Waals surface area (Å²) in [4.78, 5) is 133. The number of amides is 8. The SMILES string of the molecule is CC[C@@H](NC1=C(Nc2cccc(C(=NC)N(C)C)c2O)C(=O)N(C)C1=O)c1ccc(C)o1.CC[C@@H](NC1=C(Nc2cccc(C(=NC)N(C)C)c2O)C(=O)N(Cc2ccccc2)C1=O)c1ccc(C)o1.CC[C@@H](NC1=C(Nc2cccc(C(=NC)N(C)C)c2O)C(=O)N(c2ccccc2)C1=O)c1ccc(C)o1.CC[C@@H](NC1=C(Nc2cccc(C(=NC)N(C)C)c2O)C(=O)NC1=O)c1ccc(C)o1. The first-order valence-electron chi connectivity index (χ1n) is 44.7. The molecule has 4 aliphatic heterocycles. The molecule has 8 amide bonds. The molecular formula is C102H120N20O16. The van der Waals surface area contributed by atoms with Crippen molar-refractivity contribution in [2.24, 2.45) is 20.0 Å². The Labute approximate surface area is 801 Å². The second kappa shape index (κ2) is 45.4. The lowest BCUT2D eigenvalue weighted by molar-refractivity contribution is -0.139. The van der Waals surface area contributed by atoms with Crippen LogP contribution in [0.25, 0.3) is 0 Å². The molecule has 36 nitrogen and oxygen atoms in total. The van der Waals surface area contributed by atoms with Crippen LogP contribution in [0.2, 0.25) is 0 Å². The standard InChI is InChI=1S/C29H33N5O4.C28H31N5O4.C23H29N5O4.C22H27N5O4/c1-6-21(23-16-15-18(2)38-23)31-24-25(29(37)34(28(24)36)17-19-11-8-7-9-12-19)32-22-14-10-13-20(26(22)35)27(30-3)33(4)5;1-6-20(22-16-15-17(2)37-22)30-23-24(28(36)33(27(23)35)18-11-8-7-9-12-18)31-21-14-10-13-19(25(21)34)26(29-3)32(4)5;1-7-15(17-12-11-13(2)32-17)25-18-19(23(31)28(6)22(18)30)26-16-10-8-9-14(20(16)29)21(24-3)27(4)5;1-6-14(16-11-10-12(2)31-16)24-17-18(22(30)26-21(17)29)25-15-9-7-8-13(19(15)28)20(23-3)27(4)5/h7-16,21,31-32,35H,6,17H2,1-5H3;7-16,20,30-31,34H,6H2,1-5H3;8-12,15,25-26,29H,7H2,1-6H3;7-11,14,28H,6H2,1-5H3,(H3,24,25,26,29,30)/t21-;20-;15-;14-/m1111/s1. The molecule has 6 aromatic carbocycles.